The van der Waals surface area contributed by atoms with Crippen molar-refractivity contribution in [1.29, 1.82) is 0 Å². The Kier molecular flexibility index (Phi) is 5.38. The van der Waals surface area contributed by atoms with Crippen LogP contribution in [0.25, 0.3) is 0 Å². The van der Waals surface area contributed by atoms with Crippen LogP contribution in [-0.2, 0) is 16.1 Å². The molecule has 1 saturated heterocycles. The van der Waals surface area contributed by atoms with Gasteiger partial charge in [0.1, 0.15) is 18.4 Å². The normalized spacial score (nSPS) is 18.8. The molecule has 0 aliphatic carbocycles. The van der Waals surface area contributed by atoms with Crippen molar-refractivity contribution in [3.8, 4) is 5.75 Å². The molecule has 136 valence electrons. The van der Waals surface area contributed by atoms with E-state index in [4.69, 9.17) is 9.47 Å². The van der Waals surface area contributed by atoms with Crippen molar-refractivity contribution in [2.75, 3.05) is 18.6 Å². The van der Waals surface area contributed by atoms with Gasteiger partial charge in [0, 0.05) is 5.69 Å². The number of hydrogen-bond acceptors (Lipinski definition) is 5. The number of aliphatic hydroxyl groups excluding tert-OH is 1. The molecular formula is C19H20N2O5. The topological polar surface area (TPSA) is 88.1 Å². The fraction of sp³-hybridized carbons (Fsp3) is 0.263. The summed E-state index contributed by atoms with van der Waals surface area (Å²) >= 11 is 0. The molecule has 7 heteroatoms. The van der Waals surface area contributed by atoms with Crippen molar-refractivity contribution in [2.45, 2.75) is 18.7 Å². The number of hydrogen-bond donors (Lipinski definition) is 2. The quantitative estimate of drug-likeness (QED) is 0.769. The van der Waals surface area contributed by atoms with Gasteiger partial charge in [-0.3, -0.25) is 4.79 Å². The summed E-state index contributed by atoms with van der Waals surface area (Å²) in [5.41, 5.74) is 1.48. The highest BCUT2D eigenvalue weighted by molar-refractivity contribution is 6.06. The van der Waals surface area contributed by atoms with Crippen molar-refractivity contribution in [2.24, 2.45) is 0 Å². The van der Waals surface area contributed by atoms with Crippen LogP contribution in [0, 0.1) is 0 Å². The second-order valence-electron chi connectivity index (χ2n) is 5.84. The predicted octanol–water partition coefficient (Wildman–Crippen LogP) is 1.70. The summed E-state index contributed by atoms with van der Waals surface area (Å²) in [4.78, 5) is 25.8. The highest BCUT2D eigenvalue weighted by Gasteiger charge is 2.48. The number of ether oxygens (including phenoxy) is 2. The second-order valence-corrected chi connectivity index (χ2v) is 5.84. The molecule has 1 fully saturated rings. The molecule has 0 bridgehead atoms. The van der Waals surface area contributed by atoms with E-state index < -0.39 is 18.2 Å². The van der Waals surface area contributed by atoms with Crippen molar-refractivity contribution in [1.82, 2.24) is 5.32 Å². The molecule has 1 aliphatic heterocycles. The zero-order valence-corrected chi connectivity index (χ0v) is 14.3. The molecule has 2 aromatic rings. The number of rotatable bonds is 6. The fourth-order valence-electron chi connectivity index (χ4n) is 2.84. The van der Waals surface area contributed by atoms with E-state index in [1.807, 2.05) is 30.3 Å². The average molecular weight is 356 g/mol. The van der Waals surface area contributed by atoms with Gasteiger partial charge in [0.15, 0.2) is 0 Å². The van der Waals surface area contributed by atoms with Gasteiger partial charge in [0.2, 0.25) is 0 Å². The van der Waals surface area contributed by atoms with Gasteiger partial charge in [0.25, 0.3) is 5.91 Å². The van der Waals surface area contributed by atoms with Crippen LogP contribution < -0.4 is 15.0 Å². The molecule has 2 atom stereocenters. The molecule has 1 aliphatic rings. The van der Waals surface area contributed by atoms with Crippen molar-refractivity contribution in [3.63, 3.8) is 0 Å². The zero-order valence-electron chi connectivity index (χ0n) is 14.3. The van der Waals surface area contributed by atoms with Crippen LogP contribution in [0.4, 0.5) is 10.5 Å². The molecule has 3 rings (SSSR count). The zero-order chi connectivity index (χ0) is 18.5. The van der Waals surface area contributed by atoms with Gasteiger partial charge in [-0.25, -0.2) is 4.79 Å². The van der Waals surface area contributed by atoms with E-state index in [9.17, 15) is 14.7 Å². The Bertz CT molecular complexity index is 763. The first-order valence-electron chi connectivity index (χ1n) is 8.19. The summed E-state index contributed by atoms with van der Waals surface area (Å²) in [6, 6.07) is 14.8. The third kappa shape index (κ3) is 3.62. The van der Waals surface area contributed by atoms with Crippen LogP contribution in [0.1, 0.15) is 5.56 Å². The minimum absolute atomic E-state index is 0.111. The Morgan fingerprint density at radius 1 is 1.15 bits per heavy atom. The Morgan fingerprint density at radius 2 is 1.85 bits per heavy atom. The number of amides is 2. The molecule has 7 nitrogen and oxygen atoms in total. The molecule has 2 aromatic carbocycles. The third-order valence-electron chi connectivity index (χ3n) is 4.24. The first-order chi connectivity index (χ1) is 12.6. The summed E-state index contributed by atoms with van der Waals surface area (Å²) in [7, 11) is 1.56. The van der Waals surface area contributed by atoms with E-state index in [1.54, 1.807) is 31.4 Å². The maximum absolute atomic E-state index is 12.4. The number of anilines is 1. The molecule has 0 saturated carbocycles. The van der Waals surface area contributed by atoms with Crippen LogP contribution in [0.5, 0.6) is 5.75 Å². The van der Waals surface area contributed by atoms with E-state index in [-0.39, 0.29) is 19.1 Å². The maximum Gasteiger partial charge on any atom is 0.408 e. The minimum Gasteiger partial charge on any atom is -0.497 e. The summed E-state index contributed by atoms with van der Waals surface area (Å²) in [5.74, 6) is 0.368. The molecule has 2 amide bonds. The fourth-order valence-corrected chi connectivity index (χ4v) is 2.84. The number of aliphatic hydroxyl groups is 1. The number of carbonyl (C=O) groups is 2. The van der Waals surface area contributed by atoms with Crippen LogP contribution in [0.15, 0.2) is 54.6 Å². The smallest absolute Gasteiger partial charge is 0.408 e. The summed E-state index contributed by atoms with van der Waals surface area (Å²) in [6.45, 7) is -0.166. The van der Waals surface area contributed by atoms with Crippen molar-refractivity contribution in [3.05, 3.63) is 60.2 Å². The number of nitrogens with zero attached hydrogens (tertiary/aromatic N) is 1. The first-order valence-corrected chi connectivity index (χ1v) is 8.19. The Morgan fingerprint density at radius 3 is 2.46 bits per heavy atom. The number of alkyl carbamates (subject to hydrolysis) is 1. The Labute approximate surface area is 151 Å². The van der Waals surface area contributed by atoms with Gasteiger partial charge in [-0.2, -0.15) is 0 Å². The maximum atomic E-state index is 12.4. The van der Waals surface area contributed by atoms with Gasteiger partial charge < -0.3 is 24.8 Å². The summed E-state index contributed by atoms with van der Waals surface area (Å²) in [5, 5.41) is 12.1. The van der Waals surface area contributed by atoms with Crippen molar-refractivity contribution < 1.29 is 24.2 Å². The minimum atomic E-state index is -0.814. The monoisotopic (exact) mass is 356 g/mol. The lowest BCUT2D eigenvalue weighted by atomic mass is 9.94. The highest BCUT2D eigenvalue weighted by atomic mass is 16.5. The van der Waals surface area contributed by atoms with E-state index in [2.05, 4.69) is 5.32 Å². The Hall–Kier alpha value is -3.06. The molecular weight excluding hydrogens is 336 g/mol. The molecule has 0 spiro atoms. The van der Waals surface area contributed by atoms with E-state index in [1.165, 1.54) is 4.90 Å². The SMILES string of the molecule is COc1ccc(N2C(=O)[C@H](NC(=O)OCc3ccccc3)[C@@H]2CO)cc1. The van der Waals surface area contributed by atoms with Crippen LogP contribution in [0.3, 0.4) is 0 Å². The van der Waals surface area contributed by atoms with Crippen LogP contribution >= 0.6 is 0 Å². The van der Waals surface area contributed by atoms with Crippen LogP contribution in [-0.4, -0.2) is 42.9 Å². The molecule has 0 radical (unpaired) electrons. The molecule has 0 unspecified atom stereocenters. The van der Waals surface area contributed by atoms with Gasteiger partial charge >= 0.3 is 6.09 Å². The molecule has 2 N–H and O–H groups in total. The number of β-lactam (4-membered cyclic amide) rings is 1. The van der Waals surface area contributed by atoms with Gasteiger partial charge in [0.05, 0.1) is 19.8 Å². The standard InChI is InChI=1S/C19H20N2O5/c1-25-15-9-7-14(8-10-15)21-16(11-22)17(18(21)23)20-19(24)26-12-13-5-3-2-4-6-13/h2-10,16-17,22H,11-12H2,1H3,(H,20,24)/t16-,17+/m0/s1. The predicted molar refractivity (Wildman–Crippen MR) is 94.9 cm³/mol. The lowest BCUT2D eigenvalue weighted by Crippen LogP contribution is -2.72. The number of nitrogens with one attached hydrogen (secondary N) is 1. The van der Waals surface area contributed by atoms with Gasteiger partial charge in [-0.15, -0.1) is 0 Å². The molecule has 1 heterocycles. The molecule has 0 aromatic heterocycles. The van der Waals surface area contributed by atoms with Gasteiger partial charge in [-0.05, 0) is 29.8 Å². The highest BCUT2D eigenvalue weighted by Crippen LogP contribution is 2.29. The Balaban J connectivity index is 1.58. The first kappa shape index (κ1) is 17.8. The summed E-state index contributed by atoms with van der Waals surface area (Å²) < 4.78 is 10.2. The third-order valence-corrected chi connectivity index (χ3v) is 4.24. The van der Waals surface area contributed by atoms with Crippen LogP contribution in [0.2, 0.25) is 0 Å². The summed E-state index contributed by atoms with van der Waals surface area (Å²) in [6.07, 6.45) is -0.694. The average Bonchev–Trinajstić information content (AvgIpc) is 2.69. The van der Waals surface area contributed by atoms with E-state index in [0.717, 1.165) is 5.56 Å². The molecule has 26 heavy (non-hydrogen) atoms. The largest absolute Gasteiger partial charge is 0.497 e. The lowest BCUT2D eigenvalue weighted by Gasteiger charge is -2.46. The van der Waals surface area contributed by atoms with E-state index >= 15 is 0 Å². The lowest BCUT2D eigenvalue weighted by molar-refractivity contribution is -0.128. The number of methoxy groups -OCH3 is 1. The van der Waals surface area contributed by atoms with Crippen molar-refractivity contribution >= 4 is 17.7 Å². The second kappa shape index (κ2) is 7.88. The van der Waals surface area contributed by atoms with E-state index in [0.29, 0.717) is 11.4 Å². The number of carbonyl (C=O) groups excluding carboxylic acids is 2. The number of benzene rings is 2. The van der Waals surface area contributed by atoms with Gasteiger partial charge in [-0.1, -0.05) is 30.3 Å².